The van der Waals surface area contributed by atoms with E-state index in [0.717, 1.165) is 6.08 Å². The molecule has 0 aliphatic carbocycles. The number of benzene rings is 1. The molecule has 2 rings (SSSR count). The molecule has 0 bridgehead atoms. The Kier molecular flexibility index (Phi) is 4.35. The Balaban J connectivity index is 2.25. The van der Waals surface area contributed by atoms with Gasteiger partial charge < -0.3 is 19.7 Å². The highest BCUT2D eigenvalue weighted by molar-refractivity contribution is 6.03. The molecule has 0 saturated carbocycles. The van der Waals surface area contributed by atoms with Crippen LogP contribution in [0.3, 0.4) is 0 Å². The number of aliphatic carboxylic acids is 1. The molecule has 1 aromatic carbocycles. The first-order chi connectivity index (χ1) is 10.1. The van der Waals surface area contributed by atoms with Crippen LogP contribution >= 0.6 is 0 Å². The molecule has 0 spiro atoms. The Bertz CT molecular complexity index is 677. The smallest absolute Gasteiger partial charge is 0.328 e. The van der Waals surface area contributed by atoms with E-state index in [4.69, 9.17) is 14.4 Å². The highest BCUT2D eigenvalue weighted by Crippen LogP contribution is 2.26. The largest absolute Gasteiger partial charge is 0.495 e. The number of rotatable bonds is 5. The molecule has 0 atom stereocenters. The van der Waals surface area contributed by atoms with Crippen LogP contribution in [0.4, 0.5) is 5.69 Å². The molecular formula is C14H12N2O5. The van der Waals surface area contributed by atoms with E-state index in [-0.39, 0.29) is 5.76 Å². The number of carboxylic acid groups (broad SMARTS) is 1. The molecule has 0 aliphatic heterocycles. The lowest BCUT2D eigenvalue weighted by molar-refractivity contribution is -0.131. The Morgan fingerprint density at radius 3 is 2.81 bits per heavy atom. The van der Waals surface area contributed by atoms with Crippen LogP contribution in [0.15, 0.2) is 41.1 Å². The monoisotopic (exact) mass is 288 g/mol. The van der Waals surface area contributed by atoms with Crippen LogP contribution in [0, 0.1) is 0 Å². The fourth-order valence-corrected chi connectivity index (χ4v) is 1.61. The zero-order chi connectivity index (χ0) is 15.2. The molecule has 1 heterocycles. The molecule has 2 aromatic rings. The third-order valence-corrected chi connectivity index (χ3v) is 2.55. The highest BCUT2D eigenvalue weighted by Gasteiger charge is 2.13. The van der Waals surface area contributed by atoms with Gasteiger partial charge in [0.25, 0.3) is 5.91 Å². The van der Waals surface area contributed by atoms with Gasteiger partial charge in [0.05, 0.1) is 19.0 Å². The summed E-state index contributed by atoms with van der Waals surface area (Å²) in [6.45, 7) is 0. The minimum absolute atomic E-state index is 0.0588. The number of carbonyl (C=O) groups is 2. The number of nitrogens with zero attached hydrogens (tertiary/aromatic N) is 1. The minimum atomic E-state index is -1.06. The normalized spacial score (nSPS) is 10.5. The van der Waals surface area contributed by atoms with Gasteiger partial charge in [0.15, 0.2) is 0 Å². The number of nitrogens with one attached hydrogen (secondary N) is 1. The van der Waals surface area contributed by atoms with Crippen molar-refractivity contribution in [1.82, 2.24) is 5.16 Å². The molecule has 0 unspecified atom stereocenters. The van der Waals surface area contributed by atoms with Gasteiger partial charge in [-0.05, 0) is 23.8 Å². The van der Waals surface area contributed by atoms with E-state index in [9.17, 15) is 9.59 Å². The third kappa shape index (κ3) is 3.69. The van der Waals surface area contributed by atoms with Crippen molar-refractivity contribution in [3.05, 3.63) is 47.9 Å². The Morgan fingerprint density at radius 2 is 2.19 bits per heavy atom. The number of carbonyl (C=O) groups excluding carboxylic acids is 1. The summed E-state index contributed by atoms with van der Waals surface area (Å²) < 4.78 is 9.90. The van der Waals surface area contributed by atoms with E-state index in [1.54, 1.807) is 18.2 Å². The van der Waals surface area contributed by atoms with Crippen molar-refractivity contribution in [3.8, 4) is 5.75 Å². The van der Waals surface area contributed by atoms with Gasteiger partial charge in [-0.1, -0.05) is 11.2 Å². The van der Waals surface area contributed by atoms with E-state index in [0.29, 0.717) is 17.0 Å². The zero-order valence-corrected chi connectivity index (χ0v) is 11.1. The van der Waals surface area contributed by atoms with Crippen LogP contribution in [-0.4, -0.2) is 29.2 Å². The van der Waals surface area contributed by atoms with E-state index in [1.165, 1.54) is 25.4 Å². The van der Waals surface area contributed by atoms with Gasteiger partial charge in [-0.25, -0.2) is 4.79 Å². The average Bonchev–Trinajstić information content (AvgIpc) is 2.99. The Morgan fingerprint density at radius 1 is 1.38 bits per heavy atom. The lowest BCUT2D eigenvalue weighted by Crippen LogP contribution is -2.11. The first-order valence-electron chi connectivity index (χ1n) is 5.91. The maximum absolute atomic E-state index is 11.9. The summed E-state index contributed by atoms with van der Waals surface area (Å²) in [4.78, 5) is 22.4. The van der Waals surface area contributed by atoms with Crippen LogP contribution < -0.4 is 10.1 Å². The summed E-state index contributed by atoms with van der Waals surface area (Å²) in [5, 5.41) is 14.7. The van der Waals surface area contributed by atoms with Gasteiger partial charge in [-0.3, -0.25) is 4.79 Å². The number of methoxy groups -OCH3 is 1. The topological polar surface area (TPSA) is 102 Å². The fraction of sp³-hybridized carbons (Fsp3) is 0.0714. The Labute approximate surface area is 119 Å². The van der Waals surface area contributed by atoms with Crippen molar-refractivity contribution in [2.45, 2.75) is 0 Å². The number of carboxylic acids is 1. The summed E-state index contributed by atoms with van der Waals surface area (Å²) in [5.41, 5.74) is 0.998. The highest BCUT2D eigenvalue weighted by atomic mass is 16.5. The quantitative estimate of drug-likeness (QED) is 0.816. The van der Waals surface area contributed by atoms with Gasteiger partial charge in [0.2, 0.25) is 5.76 Å². The summed E-state index contributed by atoms with van der Waals surface area (Å²) >= 11 is 0. The first-order valence-corrected chi connectivity index (χ1v) is 5.91. The van der Waals surface area contributed by atoms with E-state index >= 15 is 0 Å². The van der Waals surface area contributed by atoms with Crippen LogP contribution in [0.5, 0.6) is 5.75 Å². The van der Waals surface area contributed by atoms with Gasteiger partial charge in [-0.2, -0.15) is 0 Å². The maximum atomic E-state index is 11.9. The molecule has 7 heteroatoms. The lowest BCUT2D eigenvalue weighted by atomic mass is 10.1. The molecular weight excluding hydrogens is 276 g/mol. The van der Waals surface area contributed by atoms with Crippen molar-refractivity contribution in [3.63, 3.8) is 0 Å². The number of ether oxygens (including phenoxy) is 1. The second-order valence-electron chi connectivity index (χ2n) is 3.96. The van der Waals surface area contributed by atoms with Gasteiger partial charge in [-0.15, -0.1) is 0 Å². The summed E-state index contributed by atoms with van der Waals surface area (Å²) in [7, 11) is 1.46. The van der Waals surface area contributed by atoms with Crippen LogP contribution in [-0.2, 0) is 4.79 Å². The van der Waals surface area contributed by atoms with Crippen molar-refractivity contribution in [1.29, 1.82) is 0 Å². The molecule has 1 aromatic heterocycles. The lowest BCUT2D eigenvalue weighted by Gasteiger charge is -2.09. The van der Waals surface area contributed by atoms with E-state index in [2.05, 4.69) is 10.5 Å². The number of amides is 1. The SMILES string of the molecule is COc1ccc(C=CC(=O)O)cc1NC(=O)c1ccno1. The molecule has 0 saturated heterocycles. The molecule has 108 valence electrons. The zero-order valence-electron chi connectivity index (χ0n) is 11.1. The second kappa shape index (κ2) is 6.38. The summed E-state index contributed by atoms with van der Waals surface area (Å²) in [6, 6.07) is 6.31. The molecule has 2 N–H and O–H groups in total. The molecule has 7 nitrogen and oxygen atoms in total. The third-order valence-electron chi connectivity index (χ3n) is 2.55. The van der Waals surface area contributed by atoms with Crippen molar-refractivity contribution < 1.29 is 24.0 Å². The molecule has 1 amide bonds. The van der Waals surface area contributed by atoms with Crippen molar-refractivity contribution >= 4 is 23.6 Å². The molecule has 0 radical (unpaired) electrons. The molecule has 0 aliphatic rings. The Hall–Kier alpha value is -3.09. The van der Waals surface area contributed by atoms with Crippen LogP contribution in [0.1, 0.15) is 16.1 Å². The van der Waals surface area contributed by atoms with Crippen LogP contribution in [0.2, 0.25) is 0 Å². The van der Waals surface area contributed by atoms with Gasteiger partial charge in [0.1, 0.15) is 5.75 Å². The van der Waals surface area contributed by atoms with Crippen LogP contribution in [0.25, 0.3) is 6.08 Å². The second-order valence-corrected chi connectivity index (χ2v) is 3.96. The number of anilines is 1. The predicted octanol–water partition coefficient (Wildman–Crippen LogP) is 2.03. The van der Waals surface area contributed by atoms with Crippen molar-refractivity contribution in [2.75, 3.05) is 12.4 Å². The molecule has 0 fully saturated rings. The van der Waals surface area contributed by atoms with E-state index < -0.39 is 11.9 Å². The van der Waals surface area contributed by atoms with Crippen molar-refractivity contribution in [2.24, 2.45) is 0 Å². The molecule has 21 heavy (non-hydrogen) atoms. The summed E-state index contributed by atoms with van der Waals surface area (Å²) in [5.74, 6) is -1.04. The number of aromatic nitrogens is 1. The number of hydrogen-bond donors (Lipinski definition) is 2. The van der Waals surface area contributed by atoms with Gasteiger partial charge in [0, 0.05) is 12.1 Å². The van der Waals surface area contributed by atoms with Gasteiger partial charge >= 0.3 is 5.97 Å². The summed E-state index contributed by atoms with van der Waals surface area (Å²) in [6.07, 6.45) is 3.77. The van der Waals surface area contributed by atoms with E-state index in [1.807, 2.05) is 0 Å². The maximum Gasteiger partial charge on any atom is 0.328 e. The standard InChI is InChI=1S/C14H12N2O5/c1-20-11-4-2-9(3-5-13(17)18)8-10(11)16-14(19)12-6-7-15-21-12/h2-8H,1H3,(H,16,19)(H,17,18). The average molecular weight is 288 g/mol. The number of hydrogen-bond acceptors (Lipinski definition) is 5. The first kappa shape index (κ1) is 14.3. The predicted molar refractivity (Wildman–Crippen MR) is 74.1 cm³/mol. The fourth-order valence-electron chi connectivity index (χ4n) is 1.61. The minimum Gasteiger partial charge on any atom is -0.495 e.